The number of rotatable bonds is 4. The van der Waals surface area contributed by atoms with Gasteiger partial charge in [-0.15, -0.1) is 12.4 Å². The average Bonchev–Trinajstić information content (AvgIpc) is 1.84. The topological polar surface area (TPSA) is 98.2 Å². The smallest absolute Gasteiger partial charge is 0.247 e. The van der Waals surface area contributed by atoms with Crippen molar-refractivity contribution in [2.75, 3.05) is 0 Å². The molecule has 76 valence electrons. The maximum Gasteiger partial charge on any atom is 0.247 e. The van der Waals surface area contributed by atoms with Crippen molar-refractivity contribution in [3.8, 4) is 0 Å². The van der Waals surface area contributed by atoms with Gasteiger partial charge in [-0.25, -0.2) is 0 Å². The van der Waals surface area contributed by atoms with E-state index in [-0.39, 0.29) is 24.7 Å². The second-order valence-electron chi connectivity index (χ2n) is 2.53. The number of hydrogen-bond donors (Lipinski definition) is 3. The number of hydrogen-bond acceptors (Lipinski definition) is 3. The second-order valence-corrected chi connectivity index (χ2v) is 2.53. The third-order valence-electron chi connectivity index (χ3n) is 1.13. The van der Waals surface area contributed by atoms with Crippen molar-refractivity contribution < 1.29 is 9.59 Å². The highest BCUT2D eigenvalue weighted by atomic mass is 35.5. The molecule has 0 aromatic heterocycles. The number of nitrogens with one attached hydrogen (secondary N) is 1. The van der Waals surface area contributed by atoms with Gasteiger partial charge in [-0.05, 0) is 6.92 Å². The van der Waals surface area contributed by atoms with E-state index in [1.54, 1.807) is 6.92 Å². The van der Waals surface area contributed by atoms with Gasteiger partial charge in [0.25, 0.3) is 0 Å². The molecule has 0 heterocycles. The summed E-state index contributed by atoms with van der Waals surface area (Å²) in [7, 11) is 0. The summed E-state index contributed by atoms with van der Waals surface area (Å²) in [6.07, 6.45) is -0.800. The molecule has 0 aromatic rings. The van der Waals surface area contributed by atoms with E-state index in [0.29, 0.717) is 5.57 Å². The summed E-state index contributed by atoms with van der Waals surface area (Å²) < 4.78 is 0. The molecule has 5 nitrogen and oxygen atoms in total. The number of nitrogens with two attached hydrogens (primary N) is 2. The fraction of sp³-hybridized carbons (Fsp3) is 0.429. The molecule has 0 aliphatic carbocycles. The molecule has 0 spiro atoms. The summed E-state index contributed by atoms with van der Waals surface area (Å²) in [5, 5.41) is 2.35. The van der Waals surface area contributed by atoms with Gasteiger partial charge in [-0.2, -0.15) is 0 Å². The van der Waals surface area contributed by atoms with Crippen LogP contribution in [-0.4, -0.2) is 18.0 Å². The quantitative estimate of drug-likeness (QED) is 0.418. The van der Waals surface area contributed by atoms with Crippen LogP contribution in [0.2, 0.25) is 0 Å². The predicted octanol–water partition coefficient (Wildman–Crippen LogP) is -0.739. The van der Waals surface area contributed by atoms with E-state index in [4.69, 9.17) is 11.5 Å². The van der Waals surface area contributed by atoms with Crippen molar-refractivity contribution in [2.45, 2.75) is 19.5 Å². The van der Waals surface area contributed by atoms with Crippen molar-refractivity contribution in [2.24, 2.45) is 11.5 Å². The lowest BCUT2D eigenvalue weighted by molar-refractivity contribution is -0.120. The van der Waals surface area contributed by atoms with E-state index in [0.717, 1.165) is 0 Å². The van der Waals surface area contributed by atoms with Crippen LogP contribution in [0.5, 0.6) is 0 Å². The van der Waals surface area contributed by atoms with Crippen LogP contribution in [0.4, 0.5) is 0 Å². The molecular formula is C7H14ClN3O2. The van der Waals surface area contributed by atoms with Crippen LogP contribution in [0, 0.1) is 0 Å². The first kappa shape index (κ1) is 14.5. The first-order valence-electron chi connectivity index (χ1n) is 3.43. The molecule has 1 atom stereocenters. The Balaban J connectivity index is 0. The third-order valence-corrected chi connectivity index (χ3v) is 1.13. The SMILES string of the molecule is C=C(C)C(=O)NC(N)CC(N)=O.Cl. The average molecular weight is 208 g/mol. The molecule has 0 saturated heterocycles. The predicted molar refractivity (Wildman–Crippen MR) is 52.0 cm³/mol. The van der Waals surface area contributed by atoms with Crippen molar-refractivity contribution in [3.05, 3.63) is 12.2 Å². The lowest BCUT2D eigenvalue weighted by atomic mass is 10.3. The molecule has 6 heteroatoms. The molecule has 0 fully saturated rings. The van der Waals surface area contributed by atoms with E-state index < -0.39 is 12.1 Å². The summed E-state index contributed by atoms with van der Waals surface area (Å²) in [6, 6.07) is 0. The monoisotopic (exact) mass is 207 g/mol. The molecule has 0 rings (SSSR count). The fourth-order valence-corrected chi connectivity index (χ4v) is 0.559. The van der Waals surface area contributed by atoms with Gasteiger partial charge in [0.2, 0.25) is 11.8 Å². The Hall–Kier alpha value is -1.07. The highest BCUT2D eigenvalue weighted by Gasteiger charge is 2.09. The number of amides is 2. The molecule has 5 N–H and O–H groups in total. The van der Waals surface area contributed by atoms with E-state index in [1.807, 2.05) is 0 Å². The molecule has 0 aliphatic heterocycles. The molecule has 13 heavy (non-hydrogen) atoms. The zero-order valence-corrected chi connectivity index (χ0v) is 8.19. The van der Waals surface area contributed by atoms with E-state index in [2.05, 4.69) is 11.9 Å². The lowest BCUT2D eigenvalue weighted by Gasteiger charge is -2.11. The van der Waals surface area contributed by atoms with Crippen molar-refractivity contribution >= 4 is 24.2 Å². The number of primary amides is 1. The molecule has 0 aromatic carbocycles. The minimum atomic E-state index is -0.730. The largest absolute Gasteiger partial charge is 0.370 e. The van der Waals surface area contributed by atoms with Gasteiger partial charge in [0.1, 0.15) is 0 Å². The van der Waals surface area contributed by atoms with E-state index >= 15 is 0 Å². The normalized spacial score (nSPS) is 10.9. The Bertz CT molecular complexity index is 218. The van der Waals surface area contributed by atoms with Crippen LogP contribution < -0.4 is 16.8 Å². The molecule has 0 radical (unpaired) electrons. The minimum Gasteiger partial charge on any atom is -0.370 e. The molecule has 2 amide bonds. The Morgan fingerprint density at radius 2 is 2.00 bits per heavy atom. The van der Waals surface area contributed by atoms with Crippen LogP contribution in [0.3, 0.4) is 0 Å². The van der Waals surface area contributed by atoms with Gasteiger partial charge in [-0.3, -0.25) is 9.59 Å². The van der Waals surface area contributed by atoms with Crippen LogP contribution in [0.1, 0.15) is 13.3 Å². The molecule has 0 saturated carbocycles. The lowest BCUT2D eigenvalue weighted by Crippen LogP contribution is -2.44. The van der Waals surface area contributed by atoms with E-state index in [1.165, 1.54) is 0 Å². The zero-order valence-electron chi connectivity index (χ0n) is 7.37. The molecule has 0 aliphatic rings. The van der Waals surface area contributed by atoms with Crippen molar-refractivity contribution in [1.82, 2.24) is 5.32 Å². The van der Waals surface area contributed by atoms with Gasteiger partial charge >= 0.3 is 0 Å². The Labute approximate surface area is 82.9 Å². The zero-order chi connectivity index (χ0) is 9.72. The summed E-state index contributed by atoms with van der Waals surface area (Å²) in [6.45, 7) is 4.95. The maximum absolute atomic E-state index is 10.9. The van der Waals surface area contributed by atoms with E-state index in [9.17, 15) is 9.59 Å². The van der Waals surface area contributed by atoms with Crippen molar-refractivity contribution in [3.63, 3.8) is 0 Å². The first-order chi connectivity index (χ1) is 5.43. The van der Waals surface area contributed by atoms with Crippen LogP contribution in [-0.2, 0) is 9.59 Å². The number of halogens is 1. The fourth-order valence-electron chi connectivity index (χ4n) is 0.559. The van der Waals surface area contributed by atoms with Gasteiger partial charge in [-0.1, -0.05) is 6.58 Å². The summed E-state index contributed by atoms with van der Waals surface area (Å²) >= 11 is 0. The highest BCUT2D eigenvalue weighted by Crippen LogP contribution is 1.88. The van der Waals surface area contributed by atoms with Crippen molar-refractivity contribution in [1.29, 1.82) is 0 Å². The Morgan fingerprint density at radius 1 is 1.54 bits per heavy atom. The highest BCUT2D eigenvalue weighted by molar-refractivity contribution is 5.92. The minimum absolute atomic E-state index is 0. The van der Waals surface area contributed by atoms with Gasteiger partial charge < -0.3 is 16.8 Å². The number of carbonyl (C=O) groups is 2. The second kappa shape index (κ2) is 6.45. The molecule has 0 bridgehead atoms. The third kappa shape index (κ3) is 7.30. The summed E-state index contributed by atoms with van der Waals surface area (Å²) in [5.41, 5.74) is 10.5. The van der Waals surface area contributed by atoms with Gasteiger partial charge in [0.15, 0.2) is 0 Å². The maximum atomic E-state index is 10.9. The first-order valence-corrected chi connectivity index (χ1v) is 3.43. The summed E-state index contributed by atoms with van der Waals surface area (Å²) in [5.74, 6) is -0.923. The van der Waals surface area contributed by atoms with Crippen LogP contribution in [0.25, 0.3) is 0 Å². The van der Waals surface area contributed by atoms with Crippen LogP contribution >= 0.6 is 12.4 Å². The Kier molecular flexibility index (Phi) is 7.17. The molecular weight excluding hydrogens is 194 g/mol. The van der Waals surface area contributed by atoms with Gasteiger partial charge in [0, 0.05) is 5.57 Å². The standard InChI is InChI=1S/C7H13N3O2.ClH/c1-4(2)7(12)10-5(8)3-6(9)11;/h5H,1,3,8H2,2H3,(H2,9,11)(H,10,12);1H. The van der Waals surface area contributed by atoms with Crippen LogP contribution in [0.15, 0.2) is 12.2 Å². The molecule has 1 unspecified atom stereocenters. The van der Waals surface area contributed by atoms with Gasteiger partial charge in [0.05, 0.1) is 12.6 Å². The number of carbonyl (C=O) groups excluding carboxylic acids is 2. The Morgan fingerprint density at radius 3 is 2.31 bits per heavy atom. The summed E-state index contributed by atoms with van der Waals surface area (Å²) in [4.78, 5) is 21.2.